The molecule has 0 spiro atoms. The van der Waals surface area contributed by atoms with Gasteiger partial charge in [-0.25, -0.2) is 8.78 Å². The average molecular weight is 261 g/mol. The van der Waals surface area contributed by atoms with Crippen LogP contribution in [-0.4, -0.2) is 6.04 Å². The lowest BCUT2D eigenvalue weighted by Crippen LogP contribution is -2.33. The fourth-order valence-corrected chi connectivity index (χ4v) is 2.31. The summed E-state index contributed by atoms with van der Waals surface area (Å²) in [6.07, 6.45) is -0.476. The Kier molecular flexibility index (Phi) is 2.85. The van der Waals surface area contributed by atoms with Gasteiger partial charge in [0.05, 0.1) is 11.7 Å². The molecule has 2 aromatic carbocycles. The molecule has 2 nitrogen and oxygen atoms in total. The first-order chi connectivity index (χ1) is 9.15. The van der Waals surface area contributed by atoms with E-state index in [9.17, 15) is 8.78 Å². The van der Waals surface area contributed by atoms with Crippen LogP contribution < -0.4 is 10.1 Å². The first kappa shape index (κ1) is 12.0. The lowest BCUT2D eigenvalue weighted by Gasteiger charge is -2.33. The SMILES string of the molecule is CC1Nc2ccc(F)cc2OC1c1ccccc1F. The minimum absolute atomic E-state index is 0.102. The van der Waals surface area contributed by atoms with Gasteiger partial charge in [-0.15, -0.1) is 0 Å². The third-order valence-electron chi connectivity index (χ3n) is 3.25. The molecule has 98 valence electrons. The van der Waals surface area contributed by atoms with Crippen molar-refractivity contribution in [2.75, 3.05) is 5.32 Å². The van der Waals surface area contributed by atoms with Gasteiger partial charge >= 0.3 is 0 Å². The average Bonchev–Trinajstić information content (AvgIpc) is 2.39. The van der Waals surface area contributed by atoms with Gasteiger partial charge in [0, 0.05) is 11.6 Å². The van der Waals surface area contributed by atoms with Crippen LogP contribution in [0.4, 0.5) is 14.5 Å². The molecule has 3 rings (SSSR count). The van der Waals surface area contributed by atoms with Crippen molar-refractivity contribution in [1.29, 1.82) is 0 Å². The van der Waals surface area contributed by atoms with Crippen LogP contribution in [0.15, 0.2) is 42.5 Å². The minimum Gasteiger partial charge on any atom is -0.481 e. The molecule has 2 aromatic rings. The molecular weight excluding hydrogens is 248 g/mol. The quantitative estimate of drug-likeness (QED) is 0.840. The number of nitrogens with one attached hydrogen (secondary N) is 1. The van der Waals surface area contributed by atoms with Gasteiger partial charge in [0.25, 0.3) is 0 Å². The van der Waals surface area contributed by atoms with Gasteiger partial charge in [-0.3, -0.25) is 0 Å². The summed E-state index contributed by atoms with van der Waals surface area (Å²) in [6.45, 7) is 1.91. The maximum atomic E-state index is 13.8. The summed E-state index contributed by atoms with van der Waals surface area (Å²) in [5.74, 6) is -0.283. The number of hydrogen-bond donors (Lipinski definition) is 1. The van der Waals surface area contributed by atoms with Crippen LogP contribution in [0.25, 0.3) is 0 Å². The summed E-state index contributed by atoms with van der Waals surface area (Å²) >= 11 is 0. The summed E-state index contributed by atoms with van der Waals surface area (Å²) in [6, 6.07) is 10.7. The van der Waals surface area contributed by atoms with E-state index in [1.54, 1.807) is 24.3 Å². The number of halogens is 2. The number of rotatable bonds is 1. The maximum Gasteiger partial charge on any atom is 0.146 e. The van der Waals surface area contributed by atoms with E-state index in [1.807, 2.05) is 6.92 Å². The molecule has 19 heavy (non-hydrogen) atoms. The molecule has 4 heteroatoms. The molecule has 0 saturated heterocycles. The van der Waals surface area contributed by atoms with Gasteiger partial charge < -0.3 is 10.1 Å². The monoisotopic (exact) mass is 261 g/mol. The zero-order chi connectivity index (χ0) is 13.4. The second kappa shape index (κ2) is 4.53. The fraction of sp³-hybridized carbons (Fsp3) is 0.200. The number of ether oxygens (including phenoxy) is 1. The number of benzene rings is 2. The van der Waals surface area contributed by atoms with E-state index in [0.717, 1.165) is 5.69 Å². The molecule has 1 heterocycles. The molecular formula is C15H13F2NO. The van der Waals surface area contributed by atoms with Gasteiger partial charge in [-0.05, 0) is 25.1 Å². The van der Waals surface area contributed by atoms with Gasteiger partial charge in [0.15, 0.2) is 0 Å². The van der Waals surface area contributed by atoms with Gasteiger partial charge in [0.2, 0.25) is 0 Å². The van der Waals surface area contributed by atoms with Crippen LogP contribution in [0.2, 0.25) is 0 Å². The first-order valence-corrected chi connectivity index (χ1v) is 6.12. The van der Waals surface area contributed by atoms with Gasteiger partial charge in [-0.1, -0.05) is 18.2 Å². The molecule has 0 radical (unpaired) electrons. The molecule has 0 aromatic heterocycles. The minimum atomic E-state index is -0.476. The molecule has 0 fully saturated rings. The van der Waals surface area contributed by atoms with Crippen molar-refractivity contribution in [3.05, 3.63) is 59.7 Å². The Morgan fingerprint density at radius 2 is 1.89 bits per heavy atom. The lowest BCUT2D eigenvalue weighted by atomic mass is 10.0. The van der Waals surface area contributed by atoms with Crippen molar-refractivity contribution in [3.8, 4) is 5.75 Å². The Bertz CT molecular complexity index is 615. The highest BCUT2D eigenvalue weighted by Gasteiger charge is 2.29. The van der Waals surface area contributed by atoms with E-state index in [2.05, 4.69) is 5.32 Å². The molecule has 2 unspecified atom stereocenters. The van der Waals surface area contributed by atoms with Crippen LogP contribution in [-0.2, 0) is 0 Å². The standard InChI is InChI=1S/C15H13F2NO/c1-9-15(11-4-2-3-5-12(11)17)19-14-8-10(16)6-7-13(14)18-9/h2-9,15,18H,1H3. The van der Waals surface area contributed by atoms with Crippen molar-refractivity contribution < 1.29 is 13.5 Å². The van der Waals surface area contributed by atoms with Crippen LogP contribution >= 0.6 is 0 Å². The molecule has 0 saturated carbocycles. The van der Waals surface area contributed by atoms with Crippen molar-refractivity contribution >= 4 is 5.69 Å². The second-order valence-electron chi connectivity index (χ2n) is 4.63. The van der Waals surface area contributed by atoms with E-state index in [4.69, 9.17) is 4.74 Å². The highest BCUT2D eigenvalue weighted by molar-refractivity contribution is 5.59. The van der Waals surface area contributed by atoms with Crippen LogP contribution in [0.3, 0.4) is 0 Å². The number of anilines is 1. The first-order valence-electron chi connectivity index (χ1n) is 6.12. The van der Waals surface area contributed by atoms with Crippen LogP contribution in [0, 0.1) is 11.6 Å². The van der Waals surface area contributed by atoms with Gasteiger partial charge in [0.1, 0.15) is 23.5 Å². The van der Waals surface area contributed by atoms with Crippen molar-refractivity contribution in [1.82, 2.24) is 0 Å². The molecule has 0 bridgehead atoms. The molecule has 0 amide bonds. The third-order valence-corrected chi connectivity index (χ3v) is 3.25. The predicted molar refractivity (Wildman–Crippen MR) is 69.3 cm³/mol. The Labute approximate surface area is 110 Å². The van der Waals surface area contributed by atoms with Crippen molar-refractivity contribution in [2.24, 2.45) is 0 Å². The van der Waals surface area contributed by atoms with E-state index in [0.29, 0.717) is 11.3 Å². The zero-order valence-electron chi connectivity index (χ0n) is 10.4. The number of fused-ring (bicyclic) bond motifs is 1. The predicted octanol–water partition coefficient (Wildman–Crippen LogP) is 3.90. The fourth-order valence-electron chi connectivity index (χ4n) is 2.31. The maximum absolute atomic E-state index is 13.8. The van der Waals surface area contributed by atoms with Crippen molar-refractivity contribution in [3.63, 3.8) is 0 Å². The van der Waals surface area contributed by atoms with Crippen LogP contribution in [0.5, 0.6) is 5.75 Å². The lowest BCUT2D eigenvalue weighted by molar-refractivity contribution is 0.172. The van der Waals surface area contributed by atoms with E-state index in [1.165, 1.54) is 18.2 Å². The summed E-state index contributed by atoms with van der Waals surface area (Å²) in [4.78, 5) is 0. The summed E-state index contributed by atoms with van der Waals surface area (Å²) in [5, 5.41) is 3.20. The van der Waals surface area contributed by atoms with E-state index < -0.39 is 6.10 Å². The van der Waals surface area contributed by atoms with E-state index in [-0.39, 0.29) is 17.7 Å². The Balaban J connectivity index is 1.99. The Morgan fingerprint density at radius 3 is 2.68 bits per heavy atom. The Hall–Kier alpha value is -2.10. The molecule has 2 atom stereocenters. The molecule has 0 aliphatic carbocycles. The van der Waals surface area contributed by atoms with Crippen LogP contribution in [0.1, 0.15) is 18.6 Å². The highest BCUT2D eigenvalue weighted by atomic mass is 19.1. The number of hydrogen-bond acceptors (Lipinski definition) is 2. The Morgan fingerprint density at radius 1 is 1.11 bits per heavy atom. The highest BCUT2D eigenvalue weighted by Crippen LogP contribution is 2.38. The van der Waals surface area contributed by atoms with Gasteiger partial charge in [-0.2, -0.15) is 0 Å². The molecule has 1 N–H and O–H groups in total. The summed E-state index contributed by atoms with van der Waals surface area (Å²) < 4.78 is 32.8. The summed E-state index contributed by atoms with van der Waals surface area (Å²) in [5.41, 5.74) is 1.19. The smallest absolute Gasteiger partial charge is 0.146 e. The zero-order valence-corrected chi connectivity index (χ0v) is 10.4. The topological polar surface area (TPSA) is 21.3 Å². The largest absolute Gasteiger partial charge is 0.481 e. The molecule has 1 aliphatic rings. The molecule has 1 aliphatic heterocycles. The third kappa shape index (κ3) is 2.14. The normalized spacial score (nSPS) is 21.2. The summed E-state index contributed by atoms with van der Waals surface area (Å²) in [7, 11) is 0. The van der Waals surface area contributed by atoms with Crippen molar-refractivity contribution in [2.45, 2.75) is 19.1 Å². The van der Waals surface area contributed by atoms with E-state index >= 15 is 0 Å². The second-order valence-corrected chi connectivity index (χ2v) is 4.63.